The SMILES string of the molecule is CC1CN(C(=O)c2cccn2CC(F)F)CC(CO)O1. The van der Waals surface area contributed by atoms with Crippen molar-refractivity contribution >= 4 is 5.91 Å². The van der Waals surface area contributed by atoms with Crippen molar-refractivity contribution in [2.24, 2.45) is 0 Å². The highest BCUT2D eigenvalue weighted by atomic mass is 19.3. The third kappa shape index (κ3) is 3.34. The monoisotopic (exact) mass is 288 g/mol. The molecule has 2 unspecified atom stereocenters. The maximum atomic E-state index is 12.5. The van der Waals surface area contributed by atoms with Gasteiger partial charge in [0.05, 0.1) is 25.4 Å². The summed E-state index contributed by atoms with van der Waals surface area (Å²) >= 11 is 0. The Morgan fingerprint density at radius 2 is 2.30 bits per heavy atom. The van der Waals surface area contributed by atoms with E-state index in [1.807, 2.05) is 0 Å². The fourth-order valence-electron chi connectivity index (χ4n) is 2.39. The molecule has 0 saturated carbocycles. The summed E-state index contributed by atoms with van der Waals surface area (Å²) in [6.07, 6.45) is -1.67. The molecule has 5 nitrogen and oxygen atoms in total. The molecule has 1 aromatic heterocycles. The Labute approximate surface area is 115 Å². The van der Waals surface area contributed by atoms with E-state index in [0.29, 0.717) is 6.54 Å². The summed E-state index contributed by atoms with van der Waals surface area (Å²) in [4.78, 5) is 13.9. The summed E-state index contributed by atoms with van der Waals surface area (Å²) in [5.41, 5.74) is 0.232. The quantitative estimate of drug-likeness (QED) is 0.898. The van der Waals surface area contributed by atoms with Crippen LogP contribution < -0.4 is 0 Å². The van der Waals surface area contributed by atoms with Crippen LogP contribution in [-0.2, 0) is 11.3 Å². The van der Waals surface area contributed by atoms with Crippen LogP contribution in [0.25, 0.3) is 0 Å². The van der Waals surface area contributed by atoms with Gasteiger partial charge in [-0.3, -0.25) is 4.79 Å². The Kier molecular flexibility index (Phi) is 4.72. The minimum Gasteiger partial charge on any atom is -0.394 e. The summed E-state index contributed by atoms with van der Waals surface area (Å²) in [6, 6.07) is 3.10. The van der Waals surface area contributed by atoms with Crippen LogP contribution in [0.2, 0.25) is 0 Å². The molecule has 1 aromatic rings. The summed E-state index contributed by atoms with van der Waals surface area (Å²) in [7, 11) is 0. The van der Waals surface area contributed by atoms with Gasteiger partial charge in [-0.1, -0.05) is 0 Å². The van der Waals surface area contributed by atoms with E-state index in [9.17, 15) is 13.6 Å². The van der Waals surface area contributed by atoms with Gasteiger partial charge < -0.3 is 19.3 Å². The highest BCUT2D eigenvalue weighted by molar-refractivity contribution is 5.92. The molecule has 0 aliphatic carbocycles. The highest BCUT2D eigenvalue weighted by Crippen LogP contribution is 2.15. The molecule has 1 saturated heterocycles. The summed E-state index contributed by atoms with van der Waals surface area (Å²) in [5, 5.41) is 9.15. The van der Waals surface area contributed by atoms with Gasteiger partial charge in [0.2, 0.25) is 0 Å². The Morgan fingerprint density at radius 3 is 2.95 bits per heavy atom. The van der Waals surface area contributed by atoms with Gasteiger partial charge in [-0.25, -0.2) is 8.78 Å². The second-order valence-electron chi connectivity index (χ2n) is 4.90. The zero-order valence-corrected chi connectivity index (χ0v) is 11.2. The molecule has 2 rings (SSSR count). The number of aromatic nitrogens is 1. The van der Waals surface area contributed by atoms with Crippen molar-refractivity contribution in [3.8, 4) is 0 Å². The molecular formula is C13H18F2N2O3. The van der Waals surface area contributed by atoms with Crippen LogP contribution in [0.1, 0.15) is 17.4 Å². The first-order valence-corrected chi connectivity index (χ1v) is 6.50. The molecule has 2 heterocycles. The number of ether oxygens (including phenoxy) is 1. The molecule has 0 radical (unpaired) electrons. The van der Waals surface area contributed by atoms with Gasteiger partial charge in [-0.2, -0.15) is 0 Å². The number of carbonyl (C=O) groups is 1. The fraction of sp³-hybridized carbons (Fsp3) is 0.615. The molecule has 1 N–H and O–H groups in total. The highest BCUT2D eigenvalue weighted by Gasteiger charge is 2.29. The van der Waals surface area contributed by atoms with E-state index in [1.165, 1.54) is 21.7 Å². The molecule has 0 bridgehead atoms. The van der Waals surface area contributed by atoms with Gasteiger partial charge in [-0.15, -0.1) is 0 Å². The molecule has 1 fully saturated rings. The number of halogens is 2. The summed E-state index contributed by atoms with van der Waals surface area (Å²) in [5.74, 6) is -0.316. The lowest BCUT2D eigenvalue weighted by molar-refractivity contribution is -0.0860. The maximum absolute atomic E-state index is 12.5. The zero-order chi connectivity index (χ0) is 14.7. The zero-order valence-electron chi connectivity index (χ0n) is 11.2. The van der Waals surface area contributed by atoms with Crippen molar-refractivity contribution in [2.75, 3.05) is 19.7 Å². The van der Waals surface area contributed by atoms with E-state index in [1.54, 1.807) is 13.0 Å². The van der Waals surface area contributed by atoms with Crippen LogP contribution >= 0.6 is 0 Å². The predicted molar refractivity (Wildman–Crippen MR) is 67.8 cm³/mol. The van der Waals surface area contributed by atoms with Gasteiger partial charge in [-0.05, 0) is 19.1 Å². The van der Waals surface area contributed by atoms with Crippen LogP contribution in [0.4, 0.5) is 8.78 Å². The molecule has 1 amide bonds. The van der Waals surface area contributed by atoms with E-state index in [0.717, 1.165) is 0 Å². The van der Waals surface area contributed by atoms with E-state index >= 15 is 0 Å². The third-order valence-corrected chi connectivity index (χ3v) is 3.20. The number of carbonyl (C=O) groups excluding carboxylic acids is 1. The second-order valence-corrected chi connectivity index (χ2v) is 4.90. The minimum atomic E-state index is -2.51. The topological polar surface area (TPSA) is 54.7 Å². The van der Waals surface area contributed by atoms with E-state index in [4.69, 9.17) is 9.84 Å². The summed E-state index contributed by atoms with van der Waals surface area (Å²) < 4.78 is 31.6. The Hall–Kier alpha value is -1.47. The number of rotatable bonds is 4. The van der Waals surface area contributed by atoms with E-state index in [2.05, 4.69) is 0 Å². The molecule has 0 spiro atoms. The lowest BCUT2D eigenvalue weighted by Gasteiger charge is -2.36. The van der Waals surface area contributed by atoms with Gasteiger partial charge in [0.1, 0.15) is 5.69 Å². The number of nitrogens with zero attached hydrogens (tertiary/aromatic N) is 2. The molecule has 112 valence electrons. The number of alkyl halides is 2. The van der Waals surface area contributed by atoms with E-state index < -0.39 is 19.1 Å². The van der Waals surface area contributed by atoms with Crippen LogP contribution in [-0.4, -0.2) is 58.8 Å². The molecular weight excluding hydrogens is 270 g/mol. The van der Waals surface area contributed by atoms with Crippen molar-refractivity contribution in [3.63, 3.8) is 0 Å². The Balaban J connectivity index is 2.12. The molecule has 7 heteroatoms. The van der Waals surface area contributed by atoms with Crippen molar-refractivity contribution < 1.29 is 23.4 Å². The number of hydrogen-bond acceptors (Lipinski definition) is 3. The van der Waals surface area contributed by atoms with Gasteiger partial charge >= 0.3 is 0 Å². The smallest absolute Gasteiger partial charge is 0.270 e. The Bertz CT molecular complexity index is 464. The molecule has 1 aliphatic heterocycles. The number of aliphatic hydroxyl groups is 1. The normalized spacial score (nSPS) is 23.4. The van der Waals surface area contributed by atoms with E-state index in [-0.39, 0.29) is 30.9 Å². The first kappa shape index (κ1) is 14.9. The maximum Gasteiger partial charge on any atom is 0.270 e. The van der Waals surface area contributed by atoms with Gasteiger partial charge in [0.25, 0.3) is 12.3 Å². The van der Waals surface area contributed by atoms with Crippen molar-refractivity contribution in [1.29, 1.82) is 0 Å². The second kappa shape index (κ2) is 6.32. The molecule has 2 atom stereocenters. The van der Waals surface area contributed by atoms with Crippen molar-refractivity contribution in [3.05, 3.63) is 24.0 Å². The minimum absolute atomic E-state index is 0.174. The standard InChI is InChI=1S/C13H18F2N2O3/c1-9-5-17(6-10(8-18)20-9)13(19)11-3-2-4-16(11)7-12(14)15/h2-4,9-10,12,18H,5-8H2,1H3. The fourth-order valence-corrected chi connectivity index (χ4v) is 2.39. The lowest BCUT2D eigenvalue weighted by atomic mass is 10.2. The van der Waals surface area contributed by atoms with Crippen molar-refractivity contribution in [2.45, 2.75) is 32.1 Å². The lowest BCUT2D eigenvalue weighted by Crippen LogP contribution is -2.50. The first-order valence-electron chi connectivity index (χ1n) is 6.50. The predicted octanol–water partition coefficient (Wildman–Crippen LogP) is 0.975. The largest absolute Gasteiger partial charge is 0.394 e. The summed E-state index contributed by atoms with van der Waals surface area (Å²) in [6.45, 7) is 1.78. The number of hydrogen-bond donors (Lipinski definition) is 1. The van der Waals surface area contributed by atoms with Crippen molar-refractivity contribution in [1.82, 2.24) is 9.47 Å². The third-order valence-electron chi connectivity index (χ3n) is 3.20. The molecule has 0 aromatic carbocycles. The first-order chi connectivity index (χ1) is 9.51. The van der Waals surface area contributed by atoms with Crippen LogP contribution in [0.15, 0.2) is 18.3 Å². The number of morpholine rings is 1. The average Bonchev–Trinajstić information content (AvgIpc) is 2.84. The molecule has 1 aliphatic rings. The van der Waals surface area contributed by atoms with Gasteiger partial charge in [0, 0.05) is 19.3 Å². The van der Waals surface area contributed by atoms with Gasteiger partial charge in [0.15, 0.2) is 0 Å². The number of amides is 1. The average molecular weight is 288 g/mol. The van der Waals surface area contributed by atoms with Crippen LogP contribution in [0.5, 0.6) is 0 Å². The van der Waals surface area contributed by atoms with Crippen LogP contribution in [0.3, 0.4) is 0 Å². The van der Waals surface area contributed by atoms with Crippen LogP contribution in [0, 0.1) is 0 Å². The Morgan fingerprint density at radius 1 is 1.55 bits per heavy atom. The molecule has 20 heavy (non-hydrogen) atoms. The number of aliphatic hydroxyl groups excluding tert-OH is 1.